The van der Waals surface area contributed by atoms with E-state index in [1.165, 1.54) is 18.5 Å². The standard InChI is InChI=1S/C21H25N5O2/c1-2-28-21-16(6-5-8-22-21)17-12-19(25-9-3-4-10-25)20-18(24-17)13-23-26(20)15-7-11-27-14-15/h5-6,8,12-13,15H,2-4,7,9-11,14H2,1H3. The van der Waals surface area contributed by atoms with Gasteiger partial charge in [0.2, 0.25) is 5.88 Å². The van der Waals surface area contributed by atoms with Crippen LogP contribution in [-0.4, -0.2) is 52.7 Å². The Bertz CT molecular complexity index is 974. The van der Waals surface area contributed by atoms with Crippen LogP contribution < -0.4 is 9.64 Å². The summed E-state index contributed by atoms with van der Waals surface area (Å²) in [6, 6.07) is 6.42. The molecule has 3 aromatic rings. The molecule has 0 bridgehead atoms. The molecule has 1 atom stereocenters. The molecule has 1 unspecified atom stereocenters. The van der Waals surface area contributed by atoms with Crippen molar-refractivity contribution in [1.29, 1.82) is 0 Å². The average molecular weight is 379 g/mol. The minimum absolute atomic E-state index is 0.281. The predicted octanol–water partition coefficient (Wildman–Crippen LogP) is 3.45. The van der Waals surface area contributed by atoms with E-state index >= 15 is 0 Å². The summed E-state index contributed by atoms with van der Waals surface area (Å²) in [6.07, 6.45) is 7.07. The van der Waals surface area contributed by atoms with Crippen molar-refractivity contribution in [2.24, 2.45) is 0 Å². The van der Waals surface area contributed by atoms with Gasteiger partial charge in [0.1, 0.15) is 11.0 Å². The van der Waals surface area contributed by atoms with Crippen molar-refractivity contribution in [2.45, 2.75) is 32.2 Å². The summed E-state index contributed by atoms with van der Waals surface area (Å²) in [5, 5.41) is 4.70. The Labute approximate surface area is 164 Å². The molecule has 7 heteroatoms. The highest BCUT2D eigenvalue weighted by atomic mass is 16.5. The van der Waals surface area contributed by atoms with E-state index in [9.17, 15) is 0 Å². The summed E-state index contributed by atoms with van der Waals surface area (Å²) >= 11 is 0. The zero-order valence-electron chi connectivity index (χ0n) is 16.2. The number of aromatic nitrogens is 4. The second-order valence-electron chi connectivity index (χ2n) is 7.35. The number of hydrogen-bond donors (Lipinski definition) is 0. The lowest BCUT2D eigenvalue weighted by Gasteiger charge is -2.22. The third kappa shape index (κ3) is 2.99. The van der Waals surface area contributed by atoms with Crippen molar-refractivity contribution < 1.29 is 9.47 Å². The highest BCUT2D eigenvalue weighted by Gasteiger charge is 2.26. The fourth-order valence-corrected chi connectivity index (χ4v) is 4.21. The Kier molecular flexibility index (Phi) is 4.60. The molecule has 0 N–H and O–H groups in total. The molecule has 5 rings (SSSR count). The molecule has 0 amide bonds. The number of nitrogens with zero attached hydrogens (tertiary/aromatic N) is 5. The first-order chi connectivity index (χ1) is 13.8. The highest BCUT2D eigenvalue weighted by molar-refractivity contribution is 5.92. The summed E-state index contributed by atoms with van der Waals surface area (Å²) in [7, 11) is 0. The summed E-state index contributed by atoms with van der Waals surface area (Å²) in [6.45, 7) is 6.19. The largest absolute Gasteiger partial charge is 0.477 e. The van der Waals surface area contributed by atoms with Gasteiger partial charge in [-0.3, -0.25) is 4.68 Å². The molecule has 5 heterocycles. The van der Waals surface area contributed by atoms with Crippen LogP contribution in [0.4, 0.5) is 5.69 Å². The topological polar surface area (TPSA) is 65.3 Å². The molecule has 2 aliphatic rings. The van der Waals surface area contributed by atoms with E-state index in [1.54, 1.807) is 6.20 Å². The zero-order valence-corrected chi connectivity index (χ0v) is 16.2. The Morgan fingerprint density at radius 3 is 2.96 bits per heavy atom. The van der Waals surface area contributed by atoms with Crippen LogP contribution in [0.15, 0.2) is 30.6 Å². The third-order valence-corrected chi connectivity index (χ3v) is 5.56. The van der Waals surface area contributed by atoms with Gasteiger partial charge >= 0.3 is 0 Å². The van der Waals surface area contributed by atoms with Crippen molar-refractivity contribution in [3.63, 3.8) is 0 Å². The fraction of sp³-hybridized carbons (Fsp3) is 0.476. The second kappa shape index (κ2) is 7.39. The second-order valence-corrected chi connectivity index (χ2v) is 7.35. The number of ether oxygens (including phenoxy) is 2. The highest BCUT2D eigenvalue weighted by Crippen LogP contribution is 2.37. The van der Waals surface area contributed by atoms with Crippen LogP contribution in [-0.2, 0) is 4.74 Å². The molecule has 3 aromatic heterocycles. The first kappa shape index (κ1) is 17.4. The molecule has 2 aliphatic heterocycles. The van der Waals surface area contributed by atoms with Gasteiger partial charge < -0.3 is 14.4 Å². The number of hydrogen-bond acceptors (Lipinski definition) is 6. The maximum absolute atomic E-state index is 5.75. The monoisotopic (exact) mass is 379 g/mol. The van der Waals surface area contributed by atoms with E-state index in [4.69, 9.17) is 19.6 Å². The lowest BCUT2D eigenvalue weighted by Crippen LogP contribution is -2.20. The molecule has 0 radical (unpaired) electrons. The number of fused-ring (bicyclic) bond motifs is 1. The molecule has 146 valence electrons. The molecular formula is C21H25N5O2. The number of rotatable bonds is 5. The molecule has 0 aliphatic carbocycles. The lowest BCUT2D eigenvalue weighted by molar-refractivity contribution is 0.185. The van der Waals surface area contributed by atoms with E-state index in [1.807, 2.05) is 25.3 Å². The molecule has 0 spiro atoms. The predicted molar refractivity (Wildman–Crippen MR) is 108 cm³/mol. The van der Waals surface area contributed by atoms with E-state index in [0.29, 0.717) is 12.5 Å². The molecule has 2 saturated heterocycles. The minimum atomic E-state index is 0.281. The van der Waals surface area contributed by atoms with Crippen LogP contribution in [0.3, 0.4) is 0 Å². The quantitative estimate of drug-likeness (QED) is 0.676. The van der Waals surface area contributed by atoms with Crippen LogP contribution in [0.2, 0.25) is 0 Å². The fourth-order valence-electron chi connectivity index (χ4n) is 4.21. The SMILES string of the molecule is CCOc1ncccc1-c1cc(N2CCCC2)c2c(cnn2C2CCOC2)n1. The van der Waals surface area contributed by atoms with Crippen LogP contribution >= 0.6 is 0 Å². The van der Waals surface area contributed by atoms with Crippen molar-refractivity contribution in [2.75, 3.05) is 37.8 Å². The number of anilines is 1. The summed E-state index contributed by atoms with van der Waals surface area (Å²) in [5.41, 5.74) is 5.03. The van der Waals surface area contributed by atoms with Crippen LogP contribution in [0.25, 0.3) is 22.3 Å². The smallest absolute Gasteiger partial charge is 0.222 e. The van der Waals surface area contributed by atoms with Crippen LogP contribution in [0.1, 0.15) is 32.2 Å². The van der Waals surface area contributed by atoms with Gasteiger partial charge in [0.05, 0.1) is 42.4 Å². The molecule has 2 fully saturated rings. The Morgan fingerprint density at radius 2 is 2.18 bits per heavy atom. The summed E-state index contributed by atoms with van der Waals surface area (Å²) in [4.78, 5) is 11.8. The first-order valence-corrected chi connectivity index (χ1v) is 10.1. The van der Waals surface area contributed by atoms with Crippen LogP contribution in [0, 0.1) is 0 Å². The average Bonchev–Trinajstić information content (AvgIpc) is 3.48. The summed E-state index contributed by atoms with van der Waals surface area (Å²) < 4.78 is 13.5. The van der Waals surface area contributed by atoms with Gasteiger partial charge in [0.15, 0.2) is 0 Å². The van der Waals surface area contributed by atoms with Gasteiger partial charge in [-0.1, -0.05) is 0 Å². The Hall–Kier alpha value is -2.67. The molecular weight excluding hydrogens is 354 g/mol. The maximum atomic E-state index is 5.75. The zero-order chi connectivity index (χ0) is 18.9. The van der Waals surface area contributed by atoms with Crippen molar-refractivity contribution in [3.05, 3.63) is 30.6 Å². The first-order valence-electron chi connectivity index (χ1n) is 10.1. The van der Waals surface area contributed by atoms with Crippen molar-refractivity contribution in [3.8, 4) is 17.1 Å². The Balaban J connectivity index is 1.68. The molecule has 0 saturated carbocycles. The maximum Gasteiger partial charge on any atom is 0.222 e. The van der Waals surface area contributed by atoms with E-state index < -0.39 is 0 Å². The Morgan fingerprint density at radius 1 is 1.29 bits per heavy atom. The van der Waals surface area contributed by atoms with Gasteiger partial charge in [0, 0.05) is 25.9 Å². The van der Waals surface area contributed by atoms with Gasteiger partial charge in [-0.05, 0) is 44.4 Å². The molecule has 28 heavy (non-hydrogen) atoms. The van der Waals surface area contributed by atoms with Gasteiger partial charge in [-0.25, -0.2) is 9.97 Å². The van der Waals surface area contributed by atoms with E-state index in [-0.39, 0.29) is 6.04 Å². The minimum Gasteiger partial charge on any atom is -0.477 e. The van der Waals surface area contributed by atoms with Crippen molar-refractivity contribution >= 4 is 16.7 Å². The van der Waals surface area contributed by atoms with Gasteiger partial charge in [0.25, 0.3) is 0 Å². The number of pyridine rings is 2. The van der Waals surface area contributed by atoms with E-state index in [2.05, 4.69) is 20.6 Å². The van der Waals surface area contributed by atoms with Gasteiger partial charge in [-0.15, -0.1) is 0 Å². The molecule has 0 aromatic carbocycles. The lowest BCUT2D eigenvalue weighted by atomic mass is 10.1. The molecule has 7 nitrogen and oxygen atoms in total. The normalized spacial score (nSPS) is 19.6. The van der Waals surface area contributed by atoms with Gasteiger partial charge in [-0.2, -0.15) is 5.10 Å². The van der Waals surface area contributed by atoms with Crippen molar-refractivity contribution in [1.82, 2.24) is 19.7 Å². The third-order valence-electron chi connectivity index (χ3n) is 5.56. The van der Waals surface area contributed by atoms with Crippen LogP contribution in [0.5, 0.6) is 5.88 Å². The summed E-state index contributed by atoms with van der Waals surface area (Å²) in [5.74, 6) is 0.626. The van der Waals surface area contributed by atoms with E-state index in [0.717, 1.165) is 55.0 Å².